The van der Waals surface area contributed by atoms with Gasteiger partial charge in [0.05, 0.1) is 0 Å². The molecule has 100 valence electrons. The van der Waals surface area contributed by atoms with E-state index in [0.29, 0.717) is 5.56 Å². The molecule has 1 aromatic rings. The van der Waals surface area contributed by atoms with Crippen molar-refractivity contribution in [3.05, 3.63) is 29.6 Å². The molecule has 18 heavy (non-hydrogen) atoms. The zero-order valence-electron chi connectivity index (χ0n) is 9.68. The van der Waals surface area contributed by atoms with E-state index in [1.165, 1.54) is 18.5 Å². The first-order valence-electron chi connectivity index (χ1n) is 4.92. The molecule has 0 spiro atoms. The Morgan fingerprint density at radius 2 is 2.11 bits per heavy atom. The largest absolute Gasteiger partial charge is 0.433 e. The van der Waals surface area contributed by atoms with E-state index in [-0.39, 0.29) is 0 Å². The molecule has 0 aliphatic carbocycles. The van der Waals surface area contributed by atoms with E-state index >= 15 is 0 Å². The van der Waals surface area contributed by atoms with E-state index < -0.39 is 27.2 Å². The van der Waals surface area contributed by atoms with E-state index in [4.69, 9.17) is 5.26 Å². The number of aromatic nitrogens is 1. The molecule has 1 heterocycles. The topological polar surface area (TPSA) is 69.3 Å². The molecule has 1 N–H and O–H groups in total. The Bertz CT molecular complexity index is 513. The van der Waals surface area contributed by atoms with Crippen LogP contribution in [-0.2, 0) is 16.3 Å². The van der Waals surface area contributed by atoms with Crippen molar-refractivity contribution in [2.75, 3.05) is 6.26 Å². The minimum absolute atomic E-state index is 0.417. The van der Waals surface area contributed by atoms with E-state index in [2.05, 4.69) is 9.35 Å². The van der Waals surface area contributed by atoms with Gasteiger partial charge in [0.1, 0.15) is 5.69 Å². The second-order valence-electron chi connectivity index (χ2n) is 3.83. The van der Waals surface area contributed by atoms with Crippen molar-refractivity contribution in [3.8, 4) is 6.19 Å². The number of nitriles is 1. The van der Waals surface area contributed by atoms with Crippen molar-refractivity contribution < 1.29 is 17.7 Å². The molecule has 0 radical (unpaired) electrons. The minimum atomic E-state index is -4.49. The lowest BCUT2D eigenvalue weighted by atomic mass is 10.2. The van der Waals surface area contributed by atoms with Crippen molar-refractivity contribution in [2.24, 2.45) is 4.36 Å². The quantitative estimate of drug-likeness (QED) is 0.646. The van der Waals surface area contributed by atoms with Gasteiger partial charge in [-0.2, -0.15) is 18.4 Å². The maximum atomic E-state index is 12.3. The van der Waals surface area contributed by atoms with Gasteiger partial charge in [-0.1, -0.05) is 16.2 Å². The lowest BCUT2D eigenvalue weighted by Gasteiger charge is -2.24. The summed E-state index contributed by atoms with van der Waals surface area (Å²) in [5, 5.41) is 7.90. The van der Waals surface area contributed by atoms with Crippen LogP contribution in [0.1, 0.15) is 23.4 Å². The molecule has 1 atom stereocenters. The molecule has 1 aromatic heterocycles. The standard InChI is InChI=1S/C10H12F3N3OS/c1-7(18(2,17)16-6-14)8-3-4-9(15-5-8)10(11,12)13/h3-5,7,18H,1-2H3,(H,16,17). The van der Waals surface area contributed by atoms with Crippen LogP contribution in [0.5, 0.6) is 0 Å². The second kappa shape index (κ2) is 5.04. The van der Waals surface area contributed by atoms with Crippen LogP contribution < -0.4 is 0 Å². The molecule has 0 bridgehead atoms. The Hall–Kier alpha value is -1.46. The monoisotopic (exact) mass is 279 g/mol. The zero-order chi connectivity index (χ0) is 14.0. The summed E-state index contributed by atoms with van der Waals surface area (Å²) in [6.45, 7) is 1.60. The van der Waals surface area contributed by atoms with Gasteiger partial charge in [-0.15, -0.1) is 4.36 Å². The predicted octanol–water partition coefficient (Wildman–Crippen LogP) is 2.82. The summed E-state index contributed by atoms with van der Waals surface area (Å²) < 4.78 is 50.3. The van der Waals surface area contributed by atoms with Crippen LogP contribution in [0.3, 0.4) is 0 Å². The maximum absolute atomic E-state index is 12.3. The first kappa shape index (κ1) is 14.6. The average molecular weight is 279 g/mol. The highest BCUT2D eigenvalue weighted by Crippen LogP contribution is 2.30. The molecular formula is C10H12F3N3OS. The van der Waals surface area contributed by atoms with Gasteiger partial charge >= 0.3 is 6.18 Å². The summed E-state index contributed by atoms with van der Waals surface area (Å²) in [5.74, 6) is 0. The first-order valence-corrected chi connectivity index (χ1v) is 7.13. The fourth-order valence-corrected chi connectivity index (χ4v) is 2.35. The highest BCUT2D eigenvalue weighted by Gasteiger charge is 2.32. The first-order chi connectivity index (χ1) is 8.18. The van der Waals surface area contributed by atoms with E-state index in [1.54, 1.807) is 6.92 Å². The van der Waals surface area contributed by atoms with Gasteiger partial charge < -0.3 is 4.55 Å². The van der Waals surface area contributed by atoms with Crippen LogP contribution in [0.2, 0.25) is 0 Å². The van der Waals surface area contributed by atoms with Crippen LogP contribution in [0.4, 0.5) is 13.2 Å². The number of hydrogen-bond acceptors (Lipinski definition) is 3. The lowest BCUT2D eigenvalue weighted by Crippen LogP contribution is -2.16. The third-order valence-corrected chi connectivity index (χ3v) is 4.80. The Balaban J connectivity index is 3.08. The molecule has 0 saturated heterocycles. The normalized spacial score (nSPS) is 14.7. The zero-order valence-corrected chi connectivity index (χ0v) is 10.6. The summed E-state index contributed by atoms with van der Waals surface area (Å²) in [5.41, 5.74) is -0.575. The lowest BCUT2D eigenvalue weighted by molar-refractivity contribution is -0.141. The van der Waals surface area contributed by atoms with Gasteiger partial charge in [-0.05, 0) is 24.8 Å². The number of thiol groups is 1. The van der Waals surface area contributed by atoms with Gasteiger partial charge in [0.15, 0.2) is 0 Å². The Labute approximate surface area is 103 Å². The van der Waals surface area contributed by atoms with Crippen LogP contribution in [0.25, 0.3) is 0 Å². The molecule has 8 heteroatoms. The second-order valence-corrected chi connectivity index (χ2v) is 6.76. The summed E-state index contributed by atoms with van der Waals surface area (Å²) in [6, 6.07) is 2.08. The molecule has 0 aliphatic heterocycles. The van der Waals surface area contributed by atoms with Crippen LogP contribution in [-0.4, -0.2) is 15.8 Å². The smallest absolute Gasteiger partial charge is 0.343 e. The summed E-state index contributed by atoms with van der Waals surface area (Å²) in [4.78, 5) is 3.30. The highest BCUT2D eigenvalue weighted by molar-refractivity contribution is 7.99. The number of alkyl halides is 3. The molecule has 0 amide bonds. The maximum Gasteiger partial charge on any atom is 0.433 e. The average Bonchev–Trinajstić information content (AvgIpc) is 2.27. The van der Waals surface area contributed by atoms with E-state index in [0.717, 1.165) is 12.3 Å². The van der Waals surface area contributed by atoms with Gasteiger partial charge in [0.25, 0.3) is 0 Å². The minimum Gasteiger partial charge on any atom is -0.343 e. The van der Waals surface area contributed by atoms with Crippen LogP contribution in [0.15, 0.2) is 22.7 Å². The van der Waals surface area contributed by atoms with Crippen molar-refractivity contribution in [3.63, 3.8) is 0 Å². The molecule has 1 unspecified atom stereocenters. The number of rotatable bonds is 2. The Kier molecular flexibility index (Phi) is 4.09. The third-order valence-electron chi connectivity index (χ3n) is 2.54. The van der Waals surface area contributed by atoms with Crippen molar-refractivity contribution in [1.29, 1.82) is 5.26 Å². The van der Waals surface area contributed by atoms with Gasteiger partial charge in [0.2, 0.25) is 6.19 Å². The fourth-order valence-electron chi connectivity index (χ4n) is 1.28. The molecule has 0 saturated carbocycles. The summed E-state index contributed by atoms with van der Waals surface area (Å²) in [6.07, 6.45) is -0.506. The van der Waals surface area contributed by atoms with Crippen LogP contribution in [0, 0.1) is 11.5 Å². The number of nitrogens with zero attached hydrogens (tertiary/aromatic N) is 3. The molecule has 1 rings (SSSR count). The predicted molar refractivity (Wildman–Crippen MR) is 63.0 cm³/mol. The van der Waals surface area contributed by atoms with Gasteiger partial charge in [0, 0.05) is 11.4 Å². The third kappa shape index (κ3) is 3.27. The summed E-state index contributed by atoms with van der Waals surface area (Å²) >= 11 is 0. The highest BCUT2D eigenvalue weighted by atomic mass is 32.3. The Morgan fingerprint density at radius 1 is 1.50 bits per heavy atom. The van der Waals surface area contributed by atoms with Crippen molar-refractivity contribution in [2.45, 2.75) is 18.3 Å². The molecular weight excluding hydrogens is 267 g/mol. The van der Waals surface area contributed by atoms with Gasteiger partial charge in [-0.25, -0.2) is 0 Å². The number of hydrogen-bond donors (Lipinski definition) is 2. The summed E-state index contributed by atoms with van der Waals surface area (Å²) in [7, 11) is -2.87. The van der Waals surface area contributed by atoms with Crippen molar-refractivity contribution >= 4 is 10.1 Å². The number of halogens is 3. The fraction of sp³-hybridized carbons (Fsp3) is 0.400. The number of pyridine rings is 1. The molecule has 0 aliphatic rings. The van der Waals surface area contributed by atoms with E-state index in [9.17, 15) is 17.7 Å². The van der Waals surface area contributed by atoms with Crippen LogP contribution >= 0.6 is 0 Å². The van der Waals surface area contributed by atoms with Crippen molar-refractivity contribution in [1.82, 2.24) is 4.98 Å². The molecule has 0 fully saturated rings. The Morgan fingerprint density at radius 3 is 2.50 bits per heavy atom. The van der Waals surface area contributed by atoms with Gasteiger partial charge in [-0.3, -0.25) is 4.98 Å². The molecule has 0 aromatic carbocycles. The van der Waals surface area contributed by atoms with E-state index in [1.807, 2.05) is 0 Å². The SMILES string of the molecule is CC(c1ccc(C(F)(F)F)nc1)[SH](C)(O)=NC#N. The molecule has 4 nitrogen and oxygen atoms in total.